The van der Waals surface area contributed by atoms with E-state index in [4.69, 9.17) is 0 Å². The molecule has 2 rings (SSSR count). The second kappa shape index (κ2) is 7.12. The molecule has 2 aromatic heterocycles. The Morgan fingerprint density at radius 3 is 2.76 bits per heavy atom. The highest BCUT2D eigenvalue weighted by molar-refractivity contribution is 7.91. The Bertz CT molecular complexity index is 677. The maximum Gasteiger partial charge on any atom is 0.250 e. The van der Waals surface area contributed by atoms with Gasteiger partial charge in [-0.15, -0.1) is 21.5 Å². The fourth-order valence-corrected chi connectivity index (χ4v) is 4.22. The van der Waals surface area contributed by atoms with Gasteiger partial charge in [0.25, 0.3) is 0 Å². The largest absolute Gasteiger partial charge is 0.321 e. The third-order valence-corrected chi connectivity index (χ3v) is 6.07. The maximum absolute atomic E-state index is 12.2. The van der Waals surface area contributed by atoms with E-state index in [1.165, 1.54) is 11.3 Å². The van der Waals surface area contributed by atoms with Gasteiger partial charge in [-0.05, 0) is 32.1 Å². The highest BCUT2D eigenvalue weighted by Gasteiger charge is 2.16. The predicted octanol–water partition coefficient (Wildman–Crippen LogP) is 0.159. The Morgan fingerprint density at radius 2 is 2.10 bits per heavy atom. The first kappa shape index (κ1) is 16.1. The second-order valence-electron chi connectivity index (χ2n) is 4.58. The molecule has 0 spiro atoms. The van der Waals surface area contributed by atoms with Crippen LogP contribution in [0.2, 0.25) is 0 Å². The molecule has 116 valence electrons. The SMILES string of the molecule is CNCCc1ccc(S(=O)(=O)NCCc2nncn2C)s1. The Balaban J connectivity index is 1.92. The normalized spacial score (nSPS) is 11.9. The quantitative estimate of drug-likeness (QED) is 0.720. The van der Waals surface area contributed by atoms with E-state index >= 15 is 0 Å². The van der Waals surface area contributed by atoms with Gasteiger partial charge >= 0.3 is 0 Å². The van der Waals surface area contributed by atoms with E-state index in [0.717, 1.165) is 23.7 Å². The van der Waals surface area contributed by atoms with Crippen LogP contribution < -0.4 is 10.0 Å². The third kappa shape index (κ3) is 4.34. The smallest absolute Gasteiger partial charge is 0.250 e. The van der Waals surface area contributed by atoms with Crippen molar-refractivity contribution in [3.8, 4) is 0 Å². The standard InChI is InChI=1S/C12H19N5O2S2/c1-13-7-5-10-3-4-12(20-10)21(18,19)15-8-6-11-16-14-9-17(11)2/h3-4,9,13,15H,5-8H2,1-2H3. The van der Waals surface area contributed by atoms with Gasteiger partial charge in [-0.3, -0.25) is 0 Å². The summed E-state index contributed by atoms with van der Waals surface area (Å²) in [4.78, 5) is 1.05. The summed E-state index contributed by atoms with van der Waals surface area (Å²) in [5, 5.41) is 10.7. The highest BCUT2D eigenvalue weighted by Crippen LogP contribution is 2.21. The van der Waals surface area contributed by atoms with Crippen molar-refractivity contribution in [2.75, 3.05) is 20.1 Å². The molecule has 0 aliphatic carbocycles. The van der Waals surface area contributed by atoms with Gasteiger partial charge in [0.05, 0.1) is 0 Å². The molecule has 0 unspecified atom stereocenters. The van der Waals surface area contributed by atoms with E-state index in [9.17, 15) is 8.42 Å². The van der Waals surface area contributed by atoms with Crippen molar-refractivity contribution in [1.82, 2.24) is 24.8 Å². The first-order valence-electron chi connectivity index (χ1n) is 6.59. The molecule has 2 heterocycles. The summed E-state index contributed by atoms with van der Waals surface area (Å²) in [5.41, 5.74) is 0. The molecule has 7 nitrogen and oxygen atoms in total. The maximum atomic E-state index is 12.2. The van der Waals surface area contributed by atoms with E-state index in [1.807, 2.05) is 20.2 Å². The number of hydrogen-bond donors (Lipinski definition) is 2. The minimum absolute atomic E-state index is 0.304. The Labute approximate surface area is 128 Å². The summed E-state index contributed by atoms with van der Waals surface area (Å²) in [7, 11) is 0.265. The Hall–Kier alpha value is -1.29. The van der Waals surface area contributed by atoms with Crippen LogP contribution in [0.5, 0.6) is 0 Å². The average Bonchev–Trinajstić information content (AvgIpc) is 3.06. The van der Waals surface area contributed by atoms with Crippen LogP contribution in [0.15, 0.2) is 22.7 Å². The monoisotopic (exact) mass is 329 g/mol. The zero-order chi connectivity index (χ0) is 15.3. The predicted molar refractivity (Wildman–Crippen MR) is 81.8 cm³/mol. The van der Waals surface area contributed by atoms with Gasteiger partial charge in [-0.2, -0.15) is 0 Å². The van der Waals surface area contributed by atoms with Crippen molar-refractivity contribution in [2.45, 2.75) is 17.1 Å². The van der Waals surface area contributed by atoms with Gasteiger partial charge in [-0.25, -0.2) is 13.1 Å². The van der Waals surface area contributed by atoms with Crippen LogP contribution in [-0.2, 0) is 29.9 Å². The number of nitrogens with zero attached hydrogens (tertiary/aromatic N) is 3. The van der Waals surface area contributed by atoms with Gasteiger partial charge in [0.15, 0.2) is 0 Å². The molecule has 0 saturated heterocycles. The molecule has 21 heavy (non-hydrogen) atoms. The molecular formula is C12H19N5O2S2. The number of likely N-dealkylation sites (N-methyl/N-ethyl adjacent to an activating group) is 1. The number of rotatable bonds is 8. The van der Waals surface area contributed by atoms with Crippen LogP contribution in [0, 0.1) is 0 Å². The third-order valence-electron chi connectivity index (χ3n) is 2.97. The number of aryl methyl sites for hydroxylation is 1. The zero-order valence-corrected chi connectivity index (χ0v) is 13.7. The van der Waals surface area contributed by atoms with Crippen LogP contribution >= 0.6 is 11.3 Å². The van der Waals surface area contributed by atoms with Crippen molar-refractivity contribution in [2.24, 2.45) is 7.05 Å². The zero-order valence-electron chi connectivity index (χ0n) is 12.0. The molecule has 0 bridgehead atoms. The van der Waals surface area contributed by atoms with Gasteiger partial charge < -0.3 is 9.88 Å². The van der Waals surface area contributed by atoms with E-state index in [0.29, 0.717) is 17.2 Å². The van der Waals surface area contributed by atoms with Crippen molar-refractivity contribution in [3.05, 3.63) is 29.2 Å². The van der Waals surface area contributed by atoms with Crippen LogP contribution in [-0.4, -0.2) is 43.3 Å². The molecule has 2 aromatic rings. The van der Waals surface area contributed by atoms with Crippen molar-refractivity contribution < 1.29 is 8.42 Å². The van der Waals surface area contributed by atoms with E-state index in [-0.39, 0.29) is 0 Å². The van der Waals surface area contributed by atoms with Gasteiger partial charge in [0.2, 0.25) is 10.0 Å². The lowest BCUT2D eigenvalue weighted by Gasteiger charge is -2.04. The molecule has 0 radical (unpaired) electrons. The first-order chi connectivity index (χ1) is 10.0. The first-order valence-corrected chi connectivity index (χ1v) is 8.89. The number of sulfonamides is 1. The highest BCUT2D eigenvalue weighted by atomic mass is 32.2. The van der Waals surface area contributed by atoms with E-state index in [1.54, 1.807) is 17.0 Å². The number of hydrogen-bond acceptors (Lipinski definition) is 6. The molecule has 0 aliphatic heterocycles. The van der Waals surface area contributed by atoms with E-state index < -0.39 is 10.0 Å². The van der Waals surface area contributed by atoms with Crippen molar-refractivity contribution in [1.29, 1.82) is 0 Å². The minimum Gasteiger partial charge on any atom is -0.321 e. The number of aromatic nitrogens is 3. The van der Waals surface area contributed by atoms with Gasteiger partial charge in [-0.1, -0.05) is 0 Å². The Kier molecular flexibility index (Phi) is 5.45. The number of nitrogens with one attached hydrogen (secondary N) is 2. The molecule has 0 atom stereocenters. The summed E-state index contributed by atoms with van der Waals surface area (Å²) >= 11 is 1.31. The summed E-state index contributed by atoms with van der Waals surface area (Å²) < 4.78 is 29.1. The summed E-state index contributed by atoms with van der Waals surface area (Å²) in [5.74, 6) is 0.749. The molecule has 0 fully saturated rings. The van der Waals surface area contributed by atoms with Crippen LogP contribution in [0.25, 0.3) is 0 Å². The van der Waals surface area contributed by atoms with Crippen LogP contribution in [0.1, 0.15) is 10.7 Å². The fraction of sp³-hybridized carbons (Fsp3) is 0.500. The molecule has 0 amide bonds. The fourth-order valence-electron chi connectivity index (χ4n) is 1.79. The van der Waals surface area contributed by atoms with Crippen LogP contribution in [0.4, 0.5) is 0 Å². The minimum atomic E-state index is -3.44. The average molecular weight is 329 g/mol. The van der Waals surface area contributed by atoms with Gasteiger partial charge in [0, 0.05) is 24.9 Å². The lowest BCUT2D eigenvalue weighted by Crippen LogP contribution is -2.26. The topological polar surface area (TPSA) is 88.9 Å². The van der Waals surface area contributed by atoms with E-state index in [2.05, 4.69) is 20.2 Å². The van der Waals surface area contributed by atoms with Crippen LogP contribution in [0.3, 0.4) is 0 Å². The number of thiophene rings is 1. The summed E-state index contributed by atoms with van der Waals surface area (Å²) in [6, 6.07) is 3.51. The van der Waals surface area contributed by atoms with Gasteiger partial charge in [0.1, 0.15) is 16.4 Å². The molecule has 9 heteroatoms. The Morgan fingerprint density at radius 1 is 1.29 bits per heavy atom. The lowest BCUT2D eigenvalue weighted by molar-refractivity contribution is 0.582. The molecule has 2 N–H and O–H groups in total. The molecule has 0 aromatic carbocycles. The van der Waals surface area contributed by atoms with Crippen molar-refractivity contribution in [3.63, 3.8) is 0 Å². The molecule has 0 aliphatic rings. The molecular weight excluding hydrogens is 310 g/mol. The lowest BCUT2D eigenvalue weighted by atomic mass is 10.3. The molecule has 0 saturated carbocycles. The van der Waals surface area contributed by atoms with Crippen molar-refractivity contribution >= 4 is 21.4 Å². The summed E-state index contributed by atoms with van der Waals surface area (Å²) in [6.45, 7) is 1.14. The summed E-state index contributed by atoms with van der Waals surface area (Å²) in [6.07, 6.45) is 2.93. The second-order valence-corrected chi connectivity index (χ2v) is 7.74.